The molecule has 0 atom stereocenters. The molecule has 0 spiro atoms. The van der Waals surface area contributed by atoms with Crippen molar-refractivity contribution in [2.45, 2.75) is 25.3 Å². The van der Waals surface area contributed by atoms with Crippen LogP contribution in [0.3, 0.4) is 0 Å². The normalized spacial score (nSPS) is 11.2. The Hall–Kier alpha value is -2.79. The molecule has 5 heteroatoms. The molecule has 3 aromatic carbocycles. The maximum atomic E-state index is 13.4. The molecule has 0 aliphatic heterocycles. The van der Waals surface area contributed by atoms with Gasteiger partial charge in [0.15, 0.2) is 0 Å². The van der Waals surface area contributed by atoms with Gasteiger partial charge in [0.05, 0.1) is 23.7 Å². The van der Waals surface area contributed by atoms with Gasteiger partial charge in [-0.3, -0.25) is 4.31 Å². The van der Waals surface area contributed by atoms with Crippen molar-refractivity contribution in [3.05, 3.63) is 90.0 Å². The van der Waals surface area contributed by atoms with Crippen molar-refractivity contribution in [3.63, 3.8) is 0 Å². The molecular formula is C22H23NO3S. The summed E-state index contributed by atoms with van der Waals surface area (Å²) in [4.78, 5) is 0.271. The lowest BCUT2D eigenvalue weighted by molar-refractivity contribution is 0.340. The molecule has 0 aromatic heterocycles. The zero-order valence-corrected chi connectivity index (χ0v) is 16.3. The summed E-state index contributed by atoms with van der Waals surface area (Å²) in [6.07, 6.45) is 0. The van der Waals surface area contributed by atoms with Crippen molar-refractivity contribution < 1.29 is 13.2 Å². The lowest BCUT2D eigenvalue weighted by Gasteiger charge is -2.25. The van der Waals surface area contributed by atoms with Crippen molar-refractivity contribution >= 4 is 15.7 Å². The molecule has 0 aliphatic carbocycles. The summed E-state index contributed by atoms with van der Waals surface area (Å²) in [5.41, 5.74) is 2.62. The van der Waals surface area contributed by atoms with Crippen molar-refractivity contribution in [1.82, 2.24) is 0 Å². The van der Waals surface area contributed by atoms with Gasteiger partial charge in [0.2, 0.25) is 0 Å². The Morgan fingerprint density at radius 1 is 0.852 bits per heavy atom. The Kier molecular flexibility index (Phi) is 5.81. The zero-order valence-electron chi connectivity index (χ0n) is 15.5. The van der Waals surface area contributed by atoms with Crippen LogP contribution in [-0.4, -0.2) is 15.0 Å². The van der Waals surface area contributed by atoms with E-state index in [1.54, 1.807) is 48.5 Å². The second-order valence-electron chi connectivity index (χ2n) is 6.18. The van der Waals surface area contributed by atoms with E-state index in [9.17, 15) is 8.42 Å². The molecule has 140 valence electrons. The minimum atomic E-state index is -3.70. The summed E-state index contributed by atoms with van der Waals surface area (Å²) in [5.74, 6) is 0.717. The van der Waals surface area contributed by atoms with E-state index < -0.39 is 10.0 Å². The van der Waals surface area contributed by atoms with E-state index in [1.807, 2.05) is 44.2 Å². The van der Waals surface area contributed by atoms with Gasteiger partial charge < -0.3 is 4.74 Å². The van der Waals surface area contributed by atoms with Crippen LogP contribution in [-0.2, 0) is 16.6 Å². The Morgan fingerprint density at radius 3 is 2.11 bits per heavy atom. The molecule has 0 amide bonds. The van der Waals surface area contributed by atoms with Gasteiger partial charge in [-0.25, -0.2) is 8.42 Å². The lowest BCUT2D eigenvalue weighted by atomic mass is 10.1. The Morgan fingerprint density at radius 2 is 1.48 bits per heavy atom. The molecule has 0 aliphatic rings. The summed E-state index contributed by atoms with van der Waals surface area (Å²) in [7, 11) is -3.70. The van der Waals surface area contributed by atoms with Crippen LogP contribution in [0, 0.1) is 6.92 Å². The van der Waals surface area contributed by atoms with Crippen molar-refractivity contribution in [2.75, 3.05) is 10.9 Å². The van der Waals surface area contributed by atoms with Crippen LogP contribution in [0.1, 0.15) is 18.1 Å². The van der Waals surface area contributed by atoms with Gasteiger partial charge >= 0.3 is 0 Å². The summed E-state index contributed by atoms with van der Waals surface area (Å²) in [5, 5.41) is 0. The molecule has 0 saturated carbocycles. The first-order chi connectivity index (χ1) is 13.0. The molecule has 0 N–H and O–H groups in total. The first-order valence-corrected chi connectivity index (χ1v) is 10.3. The van der Waals surface area contributed by atoms with Gasteiger partial charge in [0.1, 0.15) is 5.75 Å². The smallest absolute Gasteiger partial charge is 0.264 e. The van der Waals surface area contributed by atoms with Gasteiger partial charge in [-0.2, -0.15) is 0 Å². The molecule has 0 heterocycles. The highest BCUT2D eigenvalue weighted by Crippen LogP contribution is 2.28. The molecule has 0 radical (unpaired) electrons. The van der Waals surface area contributed by atoms with Gasteiger partial charge in [0, 0.05) is 0 Å². The van der Waals surface area contributed by atoms with E-state index in [1.165, 1.54) is 4.31 Å². The number of hydrogen-bond donors (Lipinski definition) is 0. The van der Waals surface area contributed by atoms with Gasteiger partial charge in [-0.05, 0) is 61.4 Å². The minimum absolute atomic E-state index is 0.262. The number of sulfonamides is 1. The Labute approximate surface area is 161 Å². The molecule has 0 unspecified atom stereocenters. The number of benzene rings is 3. The van der Waals surface area contributed by atoms with Crippen LogP contribution in [0.15, 0.2) is 83.8 Å². The molecular weight excluding hydrogens is 358 g/mol. The standard InChI is InChI=1S/C22H23NO3S/c1-3-26-21-15-13-20(14-16-21)23(17-19-10-8-7-9-18(19)2)27(24,25)22-11-5-4-6-12-22/h4-16H,3,17H2,1-2H3. The second kappa shape index (κ2) is 8.27. The molecule has 3 rings (SSSR count). The highest BCUT2D eigenvalue weighted by Gasteiger charge is 2.25. The van der Waals surface area contributed by atoms with Crippen LogP contribution < -0.4 is 9.04 Å². The molecule has 3 aromatic rings. The third-order valence-corrected chi connectivity index (χ3v) is 6.13. The predicted molar refractivity (Wildman–Crippen MR) is 109 cm³/mol. The van der Waals surface area contributed by atoms with Crippen LogP contribution in [0.25, 0.3) is 0 Å². The van der Waals surface area contributed by atoms with E-state index in [0.29, 0.717) is 18.0 Å². The largest absolute Gasteiger partial charge is 0.494 e. The van der Waals surface area contributed by atoms with Gasteiger partial charge in [-0.15, -0.1) is 0 Å². The maximum Gasteiger partial charge on any atom is 0.264 e. The van der Waals surface area contributed by atoms with Gasteiger partial charge in [0.25, 0.3) is 10.0 Å². The van der Waals surface area contributed by atoms with Crippen molar-refractivity contribution in [1.29, 1.82) is 0 Å². The van der Waals surface area contributed by atoms with E-state index in [-0.39, 0.29) is 11.4 Å². The fourth-order valence-electron chi connectivity index (χ4n) is 2.85. The zero-order chi connectivity index (χ0) is 19.3. The number of anilines is 1. The van der Waals surface area contributed by atoms with Crippen molar-refractivity contribution in [3.8, 4) is 5.75 Å². The predicted octanol–water partition coefficient (Wildman–Crippen LogP) is 4.79. The van der Waals surface area contributed by atoms with Crippen LogP contribution in [0.2, 0.25) is 0 Å². The third kappa shape index (κ3) is 4.31. The highest BCUT2D eigenvalue weighted by atomic mass is 32.2. The molecule has 4 nitrogen and oxygen atoms in total. The maximum absolute atomic E-state index is 13.4. The minimum Gasteiger partial charge on any atom is -0.494 e. The molecule has 27 heavy (non-hydrogen) atoms. The number of ether oxygens (including phenoxy) is 1. The van der Waals surface area contributed by atoms with E-state index in [2.05, 4.69) is 0 Å². The third-order valence-electron chi connectivity index (χ3n) is 4.34. The monoisotopic (exact) mass is 381 g/mol. The second-order valence-corrected chi connectivity index (χ2v) is 8.04. The summed E-state index contributed by atoms with van der Waals surface area (Å²) in [6.45, 7) is 4.73. The Bertz CT molecular complexity index is 984. The number of nitrogens with zero attached hydrogens (tertiary/aromatic N) is 1. The number of hydrogen-bond acceptors (Lipinski definition) is 3. The van der Waals surface area contributed by atoms with Crippen LogP contribution in [0.4, 0.5) is 5.69 Å². The lowest BCUT2D eigenvalue weighted by Crippen LogP contribution is -2.30. The first kappa shape index (κ1) is 19.0. The average Bonchev–Trinajstić information content (AvgIpc) is 2.69. The molecule has 0 bridgehead atoms. The number of aryl methyl sites for hydroxylation is 1. The summed E-state index contributed by atoms with van der Waals surface area (Å²) < 4.78 is 33.6. The summed E-state index contributed by atoms with van der Waals surface area (Å²) >= 11 is 0. The van der Waals surface area contributed by atoms with E-state index in [0.717, 1.165) is 11.1 Å². The molecule has 0 fully saturated rings. The topological polar surface area (TPSA) is 46.6 Å². The summed E-state index contributed by atoms with van der Waals surface area (Å²) in [6, 6.07) is 23.5. The quantitative estimate of drug-likeness (QED) is 0.591. The SMILES string of the molecule is CCOc1ccc(N(Cc2ccccc2C)S(=O)(=O)c2ccccc2)cc1. The Balaban J connectivity index is 2.05. The fourth-order valence-corrected chi connectivity index (χ4v) is 4.32. The average molecular weight is 381 g/mol. The van der Waals surface area contributed by atoms with E-state index >= 15 is 0 Å². The highest BCUT2D eigenvalue weighted by molar-refractivity contribution is 7.92. The van der Waals surface area contributed by atoms with E-state index in [4.69, 9.17) is 4.74 Å². The van der Waals surface area contributed by atoms with Gasteiger partial charge in [-0.1, -0.05) is 42.5 Å². The van der Waals surface area contributed by atoms with Crippen LogP contribution in [0.5, 0.6) is 5.75 Å². The molecule has 0 saturated heterocycles. The van der Waals surface area contributed by atoms with Crippen LogP contribution >= 0.6 is 0 Å². The first-order valence-electron chi connectivity index (χ1n) is 8.87. The van der Waals surface area contributed by atoms with Crippen molar-refractivity contribution in [2.24, 2.45) is 0 Å². The number of rotatable bonds is 7. The fraction of sp³-hybridized carbons (Fsp3) is 0.182.